The molecule has 59 heavy (non-hydrogen) atoms. The second-order valence-corrected chi connectivity index (χ2v) is 17.4. The van der Waals surface area contributed by atoms with Crippen LogP contribution in [-0.4, -0.2) is 83.6 Å². The molecule has 13 nitrogen and oxygen atoms in total. The molecule has 7 rings (SSSR count). The van der Waals surface area contributed by atoms with Gasteiger partial charge in [-0.25, -0.2) is 4.98 Å². The Kier molecular flexibility index (Phi) is 12.4. The first-order valence-corrected chi connectivity index (χ1v) is 20.8. The van der Waals surface area contributed by atoms with Crippen LogP contribution in [0.4, 0.5) is 5.82 Å². The van der Waals surface area contributed by atoms with Gasteiger partial charge in [0.15, 0.2) is 0 Å². The number of pyridine rings is 2. The summed E-state index contributed by atoms with van der Waals surface area (Å²) in [6.07, 6.45) is 4.83. The number of hydrogen-bond donors (Lipinski definition) is 2. The lowest BCUT2D eigenvalue weighted by molar-refractivity contribution is -0.164. The van der Waals surface area contributed by atoms with Crippen molar-refractivity contribution in [2.75, 3.05) is 44.2 Å². The van der Waals surface area contributed by atoms with Crippen molar-refractivity contribution in [3.8, 4) is 11.8 Å². The summed E-state index contributed by atoms with van der Waals surface area (Å²) in [6.45, 7) is 13.6. The Morgan fingerprint density at radius 1 is 0.983 bits per heavy atom. The highest BCUT2D eigenvalue weighted by molar-refractivity contribution is 6.31. The van der Waals surface area contributed by atoms with E-state index in [0.29, 0.717) is 39.6 Å². The maximum atomic E-state index is 13.5. The van der Waals surface area contributed by atoms with Crippen LogP contribution in [0.5, 0.6) is 5.75 Å². The van der Waals surface area contributed by atoms with E-state index in [4.69, 9.17) is 21.1 Å². The number of hydrogen-bond acceptors (Lipinski definition) is 10. The van der Waals surface area contributed by atoms with Crippen LogP contribution in [0.15, 0.2) is 71.7 Å². The number of nitrogens with one attached hydrogen (secondary N) is 2. The number of piperidine rings is 1. The van der Waals surface area contributed by atoms with Crippen molar-refractivity contribution in [1.82, 2.24) is 25.1 Å². The van der Waals surface area contributed by atoms with E-state index in [0.717, 1.165) is 63.2 Å². The number of carbonyl (C=O) groups excluding carboxylic acids is 3. The van der Waals surface area contributed by atoms with Gasteiger partial charge in [-0.2, -0.15) is 5.26 Å². The first-order chi connectivity index (χ1) is 28.3. The average molecular weight is 822 g/mol. The summed E-state index contributed by atoms with van der Waals surface area (Å²) in [5.74, 6) is 0.494. The summed E-state index contributed by atoms with van der Waals surface area (Å²) in [4.78, 5) is 60.8. The van der Waals surface area contributed by atoms with Gasteiger partial charge in [0, 0.05) is 79.4 Å². The molecule has 2 aliphatic heterocycles. The fourth-order valence-electron chi connectivity index (χ4n) is 9.32. The van der Waals surface area contributed by atoms with Gasteiger partial charge in [0.2, 0.25) is 11.8 Å². The zero-order valence-electron chi connectivity index (χ0n) is 34.1. The molecule has 1 aliphatic carbocycles. The Morgan fingerprint density at radius 3 is 2.44 bits per heavy atom. The maximum absolute atomic E-state index is 13.5. The lowest BCUT2D eigenvalue weighted by Gasteiger charge is -2.63. The number of ether oxygens (including phenoxy) is 2. The molecule has 310 valence electrons. The van der Waals surface area contributed by atoms with E-state index in [1.807, 2.05) is 30.3 Å². The minimum atomic E-state index is -0.747. The van der Waals surface area contributed by atoms with Crippen LogP contribution in [0.25, 0.3) is 10.8 Å². The molecule has 1 saturated carbocycles. The highest BCUT2D eigenvalue weighted by atomic mass is 35.5. The maximum Gasteiger partial charge on any atom is 0.259 e. The van der Waals surface area contributed by atoms with Gasteiger partial charge in [0.05, 0.1) is 22.8 Å². The van der Waals surface area contributed by atoms with E-state index in [9.17, 15) is 24.4 Å². The van der Waals surface area contributed by atoms with Crippen LogP contribution in [0.3, 0.4) is 0 Å². The zero-order valence-corrected chi connectivity index (χ0v) is 34.9. The summed E-state index contributed by atoms with van der Waals surface area (Å²) >= 11 is 6.24. The summed E-state index contributed by atoms with van der Waals surface area (Å²) in [7, 11) is 0. The topological polar surface area (TPSA) is 159 Å². The number of imide groups is 1. The van der Waals surface area contributed by atoms with Crippen molar-refractivity contribution in [1.29, 1.82) is 5.26 Å². The summed E-state index contributed by atoms with van der Waals surface area (Å²) in [5.41, 5.74) is 0.544. The predicted molar refractivity (Wildman–Crippen MR) is 225 cm³/mol. The predicted octanol–water partition coefficient (Wildman–Crippen LogP) is 6.02. The van der Waals surface area contributed by atoms with Gasteiger partial charge >= 0.3 is 0 Å². The summed E-state index contributed by atoms with van der Waals surface area (Å²) in [5, 5.41) is 16.5. The van der Waals surface area contributed by atoms with E-state index in [-0.39, 0.29) is 59.8 Å². The zero-order chi connectivity index (χ0) is 41.9. The summed E-state index contributed by atoms with van der Waals surface area (Å²) < 4.78 is 13.9. The van der Waals surface area contributed by atoms with Gasteiger partial charge in [0.25, 0.3) is 11.5 Å². The number of unbranched alkanes of at least 4 members (excludes halogenated alkanes) is 2. The van der Waals surface area contributed by atoms with Gasteiger partial charge in [-0.1, -0.05) is 57.5 Å². The molecule has 2 aromatic heterocycles. The fourth-order valence-corrected chi connectivity index (χ4v) is 9.53. The molecule has 1 unspecified atom stereocenters. The number of piperazine rings is 1. The summed E-state index contributed by atoms with van der Waals surface area (Å²) in [6, 6.07) is 19.2. The number of carbonyl (C=O) groups is 3. The first-order valence-electron chi connectivity index (χ1n) is 20.4. The van der Waals surface area contributed by atoms with Crippen molar-refractivity contribution in [3.63, 3.8) is 0 Å². The minimum Gasteiger partial charge on any atom is -0.489 e. The average Bonchev–Trinajstić information content (AvgIpc) is 3.22. The number of nitriles is 1. The normalized spacial score (nSPS) is 21.4. The number of amides is 3. The largest absolute Gasteiger partial charge is 0.489 e. The number of aromatic nitrogens is 2. The van der Waals surface area contributed by atoms with Crippen LogP contribution >= 0.6 is 11.6 Å². The Hall–Kier alpha value is -5.29. The van der Waals surface area contributed by atoms with E-state index in [1.54, 1.807) is 36.5 Å². The number of fused-ring (bicyclic) bond motifs is 1. The third kappa shape index (κ3) is 8.86. The molecule has 4 aromatic rings. The van der Waals surface area contributed by atoms with Crippen molar-refractivity contribution >= 4 is 45.9 Å². The van der Waals surface area contributed by atoms with Gasteiger partial charge in [0.1, 0.15) is 29.8 Å². The molecule has 3 fully saturated rings. The number of rotatable bonds is 14. The number of nitrogens with zero attached hydrogens (tertiary/aromatic N) is 5. The molecular weight excluding hydrogens is 770 g/mol. The minimum absolute atomic E-state index is 0.149. The highest BCUT2D eigenvalue weighted by Gasteiger charge is 2.64. The van der Waals surface area contributed by atoms with Crippen LogP contribution in [0.2, 0.25) is 5.02 Å². The third-order valence-electron chi connectivity index (χ3n) is 12.2. The molecule has 0 spiro atoms. The first kappa shape index (κ1) is 41.9. The molecule has 2 N–H and O–H groups in total. The molecule has 3 amide bonds. The number of halogens is 1. The highest BCUT2D eigenvalue weighted by Crippen LogP contribution is 2.55. The second-order valence-electron chi connectivity index (χ2n) is 17.0. The molecule has 4 heterocycles. The second kappa shape index (κ2) is 17.5. The smallest absolute Gasteiger partial charge is 0.259 e. The van der Waals surface area contributed by atoms with Crippen LogP contribution in [-0.2, 0) is 20.9 Å². The fraction of sp³-hybridized carbons (Fsp3) is 0.467. The molecular formula is C45H52ClN7O6. The van der Waals surface area contributed by atoms with Crippen molar-refractivity contribution in [3.05, 3.63) is 99.1 Å². The lowest BCUT2D eigenvalue weighted by atomic mass is 9.49. The van der Waals surface area contributed by atoms with Gasteiger partial charge in [-0.05, 0) is 74.0 Å². The monoisotopic (exact) mass is 821 g/mol. The quantitative estimate of drug-likeness (QED) is 0.114. The van der Waals surface area contributed by atoms with Crippen LogP contribution in [0, 0.1) is 22.2 Å². The molecule has 0 bridgehead atoms. The standard InChI is InChI=1S/C45H52ClN7O6/c1-44(2)42(45(3,4)43(44)59-33-14-12-30(26-47)35(46)25-33)50-39(55)31-13-16-37(48-27-31)52-21-19-51(20-22-52)18-8-5-9-23-58-28-32-24-29-10-6-7-11-34(29)41(57)53(32)36-15-17-38(54)49-40(36)56/h6-7,10-14,16,24-25,27,36,42-43H,5,8-9,15,17-23,28H2,1-4H3,(H,50,55)(H,49,54,56). The van der Waals surface area contributed by atoms with E-state index in [1.165, 1.54) is 4.57 Å². The third-order valence-corrected chi connectivity index (χ3v) is 12.5. The SMILES string of the molecule is CC1(C)C(NC(=O)c2ccc(N3CCN(CCCCCOCc4cc5ccccc5c(=O)n4C4CCC(=O)NC4=O)CC3)nc2)C(C)(C)C1Oc1ccc(C#N)c(Cl)c1. The Bertz CT molecular complexity index is 2300. The van der Waals surface area contributed by atoms with Crippen molar-refractivity contribution < 1.29 is 23.9 Å². The van der Waals surface area contributed by atoms with Crippen molar-refractivity contribution in [2.24, 2.45) is 10.8 Å². The van der Waals surface area contributed by atoms with Gasteiger partial charge in [-0.3, -0.25) is 34.0 Å². The van der Waals surface area contributed by atoms with Crippen molar-refractivity contribution in [2.45, 2.75) is 84.6 Å². The number of anilines is 1. The molecule has 2 saturated heterocycles. The Morgan fingerprint density at radius 2 is 1.75 bits per heavy atom. The van der Waals surface area contributed by atoms with E-state index < -0.39 is 11.9 Å². The Balaban J connectivity index is 0.827. The molecule has 0 radical (unpaired) electrons. The molecule has 14 heteroatoms. The molecule has 2 aromatic carbocycles. The number of benzene rings is 2. The molecule has 3 aliphatic rings. The van der Waals surface area contributed by atoms with Gasteiger partial charge < -0.3 is 19.7 Å². The van der Waals surface area contributed by atoms with Crippen LogP contribution in [0.1, 0.15) is 87.5 Å². The Labute approximate surface area is 349 Å². The van der Waals surface area contributed by atoms with Crippen LogP contribution < -0.4 is 25.8 Å². The van der Waals surface area contributed by atoms with Gasteiger partial charge in [-0.15, -0.1) is 0 Å². The van der Waals surface area contributed by atoms with E-state index in [2.05, 4.69) is 59.2 Å². The lowest BCUT2D eigenvalue weighted by Crippen LogP contribution is -2.74. The molecule has 1 atom stereocenters. The van der Waals surface area contributed by atoms with E-state index >= 15 is 0 Å².